The second kappa shape index (κ2) is 7.77. The van der Waals surface area contributed by atoms with Gasteiger partial charge in [0.05, 0.1) is 24.8 Å². The van der Waals surface area contributed by atoms with Crippen molar-refractivity contribution in [3.05, 3.63) is 58.1 Å². The van der Waals surface area contributed by atoms with Crippen molar-refractivity contribution in [3.63, 3.8) is 0 Å². The minimum atomic E-state index is -4.32. The quantitative estimate of drug-likeness (QED) is 0.813. The van der Waals surface area contributed by atoms with Crippen LogP contribution in [0.5, 0.6) is 11.5 Å². The van der Waals surface area contributed by atoms with E-state index >= 15 is 0 Å². The molecule has 0 amide bonds. The van der Waals surface area contributed by atoms with Gasteiger partial charge in [0, 0.05) is 13.1 Å². The molecule has 0 heterocycles. The maximum Gasteiger partial charge on any atom is 0.416 e. The first-order valence-corrected chi connectivity index (χ1v) is 7.50. The van der Waals surface area contributed by atoms with Crippen LogP contribution in [0.3, 0.4) is 0 Å². The molecule has 2 rings (SSSR count). The van der Waals surface area contributed by atoms with Crippen LogP contribution in [0.1, 0.15) is 16.7 Å². The monoisotopic (exact) mass is 359 g/mol. The number of ether oxygens (including phenoxy) is 2. The third-order valence-corrected chi connectivity index (χ3v) is 3.91. The molecule has 2 aromatic rings. The summed E-state index contributed by atoms with van der Waals surface area (Å²) in [6.07, 6.45) is -4.32. The number of hydrogen-bond acceptors (Lipinski definition) is 3. The van der Waals surface area contributed by atoms with Gasteiger partial charge in [0.1, 0.15) is 0 Å². The van der Waals surface area contributed by atoms with E-state index in [2.05, 4.69) is 5.32 Å². The van der Waals surface area contributed by atoms with Crippen molar-refractivity contribution in [2.24, 2.45) is 0 Å². The van der Waals surface area contributed by atoms with Crippen molar-refractivity contribution in [1.29, 1.82) is 0 Å². The van der Waals surface area contributed by atoms with Gasteiger partial charge in [-0.3, -0.25) is 0 Å². The van der Waals surface area contributed by atoms with Gasteiger partial charge >= 0.3 is 6.18 Å². The van der Waals surface area contributed by atoms with Gasteiger partial charge in [-0.2, -0.15) is 13.2 Å². The molecule has 7 heteroatoms. The Morgan fingerprint density at radius 1 is 0.958 bits per heavy atom. The number of hydrogen-bond donors (Lipinski definition) is 1. The van der Waals surface area contributed by atoms with Gasteiger partial charge in [-0.15, -0.1) is 0 Å². The third-order valence-electron chi connectivity index (χ3n) is 3.49. The van der Waals surface area contributed by atoms with E-state index in [9.17, 15) is 13.2 Å². The molecule has 3 nitrogen and oxygen atoms in total. The van der Waals surface area contributed by atoms with Crippen LogP contribution in [0.4, 0.5) is 13.2 Å². The Morgan fingerprint density at radius 2 is 1.62 bits per heavy atom. The predicted molar refractivity (Wildman–Crippen MR) is 86.5 cm³/mol. The van der Waals surface area contributed by atoms with Crippen LogP contribution in [-0.2, 0) is 19.3 Å². The minimum Gasteiger partial charge on any atom is -0.493 e. The molecule has 0 aromatic heterocycles. The van der Waals surface area contributed by atoms with E-state index in [1.165, 1.54) is 26.4 Å². The van der Waals surface area contributed by atoms with Crippen molar-refractivity contribution in [2.45, 2.75) is 19.3 Å². The molecule has 0 unspecified atom stereocenters. The standard InChI is InChI=1S/C17H17ClF3NO2/c1-23-14-8-5-12(15(18)16(14)24-2)10-22-9-11-3-6-13(7-4-11)17(19,20)21/h3-8,22H,9-10H2,1-2H3. The lowest BCUT2D eigenvalue weighted by atomic mass is 10.1. The average Bonchev–Trinajstić information content (AvgIpc) is 2.55. The molecule has 0 aliphatic heterocycles. The van der Waals surface area contributed by atoms with Crippen LogP contribution in [0.15, 0.2) is 36.4 Å². The second-order valence-electron chi connectivity index (χ2n) is 5.07. The van der Waals surface area contributed by atoms with Crippen LogP contribution < -0.4 is 14.8 Å². The van der Waals surface area contributed by atoms with Crippen molar-refractivity contribution < 1.29 is 22.6 Å². The van der Waals surface area contributed by atoms with Gasteiger partial charge in [-0.25, -0.2) is 0 Å². The number of nitrogens with one attached hydrogen (secondary N) is 1. The molecular formula is C17H17ClF3NO2. The zero-order valence-electron chi connectivity index (χ0n) is 13.2. The Morgan fingerprint density at radius 3 is 2.17 bits per heavy atom. The first-order valence-electron chi connectivity index (χ1n) is 7.13. The lowest BCUT2D eigenvalue weighted by Crippen LogP contribution is -2.13. The molecule has 0 radical (unpaired) electrons. The predicted octanol–water partition coefficient (Wildman–Crippen LogP) is 4.67. The molecule has 2 aromatic carbocycles. The van der Waals surface area contributed by atoms with Crippen molar-refractivity contribution in [3.8, 4) is 11.5 Å². The Kier molecular flexibility index (Phi) is 5.96. The zero-order chi connectivity index (χ0) is 17.7. The Labute approximate surface area is 143 Å². The van der Waals surface area contributed by atoms with Gasteiger partial charge in [0.2, 0.25) is 0 Å². The topological polar surface area (TPSA) is 30.5 Å². The highest BCUT2D eigenvalue weighted by Crippen LogP contribution is 2.37. The average molecular weight is 360 g/mol. The van der Waals surface area contributed by atoms with Crippen molar-refractivity contribution in [1.82, 2.24) is 5.32 Å². The highest BCUT2D eigenvalue weighted by atomic mass is 35.5. The SMILES string of the molecule is COc1ccc(CNCc2ccc(C(F)(F)F)cc2)c(Cl)c1OC. The summed E-state index contributed by atoms with van der Waals surface area (Å²) < 4.78 is 47.9. The molecular weight excluding hydrogens is 343 g/mol. The van der Waals surface area contributed by atoms with Crippen LogP contribution in [0.25, 0.3) is 0 Å². The van der Waals surface area contributed by atoms with Crippen LogP contribution in [0.2, 0.25) is 5.02 Å². The molecule has 0 fully saturated rings. The zero-order valence-corrected chi connectivity index (χ0v) is 14.0. The maximum absolute atomic E-state index is 12.5. The first-order chi connectivity index (χ1) is 11.4. The van der Waals surface area contributed by atoms with Gasteiger partial charge in [-0.1, -0.05) is 29.8 Å². The number of alkyl halides is 3. The van der Waals surface area contributed by atoms with Gasteiger partial charge in [-0.05, 0) is 29.3 Å². The van der Waals surface area contributed by atoms with E-state index in [0.717, 1.165) is 23.3 Å². The molecule has 24 heavy (non-hydrogen) atoms. The molecule has 130 valence electrons. The van der Waals surface area contributed by atoms with Gasteiger partial charge in [0.15, 0.2) is 11.5 Å². The summed E-state index contributed by atoms with van der Waals surface area (Å²) in [5, 5.41) is 3.59. The van der Waals surface area contributed by atoms with Crippen LogP contribution in [-0.4, -0.2) is 14.2 Å². The van der Waals surface area contributed by atoms with E-state index in [1.807, 2.05) is 6.07 Å². The fraction of sp³-hybridized carbons (Fsp3) is 0.294. The van der Waals surface area contributed by atoms with Crippen molar-refractivity contribution >= 4 is 11.6 Å². The molecule has 0 atom stereocenters. The van der Waals surface area contributed by atoms with E-state index in [0.29, 0.717) is 29.6 Å². The molecule has 0 bridgehead atoms. The molecule has 1 N–H and O–H groups in total. The summed E-state index contributed by atoms with van der Waals surface area (Å²) >= 11 is 6.28. The summed E-state index contributed by atoms with van der Waals surface area (Å²) in [7, 11) is 3.03. The Balaban J connectivity index is 1.99. The number of benzene rings is 2. The van der Waals surface area contributed by atoms with Gasteiger partial charge in [0.25, 0.3) is 0 Å². The highest BCUT2D eigenvalue weighted by Gasteiger charge is 2.29. The lowest BCUT2D eigenvalue weighted by molar-refractivity contribution is -0.137. The van der Waals surface area contributed by atoms with E-state index in [1.54, 1.807) is 6.07 Å². The van der Waals surface area contributed by atoms with Crippen LogP contribution in [0, 0.1) is 0 Å². The molecule has 0 aliphatic rings. The summed E-state index contributed by atoms with van der Waals surface area (Å²) in [6, 6.07) is 8.60. The van der Waals surface area contributed by atoms with E-state index in [-0.39, 0.29) is 0 Å². The Bertz CT molecular complexity index is 687. The summed E-state index contributed by atoms with van der Waals surface area (Å²) in [6.45, 7) is 0.864. The lowest BCUT2D eigenvalue weighted by Gasteiger charge is -2.13. The van der Waals surface area contributed by atoms with E-state index in [4.69, 9.17) is 21.1 Å². The third kappa shape index (κ3) is 4.33. The highest BCUT2D eigenvalue weighted by molar-refractivity contribution is 6.33. The number of rotatable bonds is 6. The smallest absolute Gasteiger partial charge is 0.416 e. The fourth-order valence-electron chi connectivity index (χ4n) is 2.22. The summed E-state index contributed by atoms with van der Waals surface area (Å²) in [5.41, 5.74) is 0.898. The summed E-state index contributed by atoms with van der Waals surface area (Å²) in [4.78, 5) is 0. The van der Waals surface area contributed by atoms with Crippen LogP contribution >= 0.6 is 11.6 Å². The fourth-order valence-corrected chi connectivity index (χ4v) is 2.52. The molecule has 0 spiro atoms. The maximum atomic E-state index is 12.5. The molecule has 0 saturated heterocycles. The number of methoxy groups -OCH3 is 2. The minimum absolute atomic E-state index is 0.419. The van der Waals surface area contributed by atoms with Crippen molar-refractivity contribution in [2.75, 3.05) is 14.2 Å². The first kappa shape index (κ1) is 18.4. The molecule has 0 saturated carbocycles. The summed E-state index contributed by atoms with van der Waals surface area (Å²) in [5.74, 6) is 0.988. The number of halogens is 4. The molecule has 0 aliphatic carbocycles. The normalized spacial score (nSPS) is 11.4. The van der Waals surface area contributed by atoms with E-state index < -0.39 is 11.7 Å². The second-order valence-corrected chi connectivity index (χ2v) is 5.45. The largest absolute Gasteiger partial charge is 0.493 e. The Hall–Kier alpha value is -1.92. The van der Waals surface area contributed by atoms with Gasteiger partial charge < -0.3 is 14.8 Å².